The van der Waals surface area contributed by atoms with Crippen molar-refractivity contribution in [1.82, 2.24) is 4.90 Å². The second-order valence-corrected chi connectivity index (χ2v) is 4.85. The first kappa shape index (κ1) is 13.4. The molecule has 0 radical (unpaired) electrons. The van der Waals surface area contributed by atoms with Crippen molar-refractivity contribution in [3.05, 3.63) is 0 Å². The fourth-order valence-electron chi connectivity index (χ4n) is 1.87. The number of nitrogens with two attached hydrogens (primary N) is 2. The molecule has 16 heavy (non-hydrogen) atoms. The number of ether oxygens (including phenoxy) is 1. The largest absolute Gasteiger partial charge is 0.379 e. The third-order valence-electron chi connectivity index (χ3n) is 3.21. The average molecular weight is 229 g/mol. The van der Waals surface area contributed by atoms with Gasteiger partial charge >= 0.3 is 0 Å². The third kappa shape index (κ3) is 3.73. The van der Waals surface area contributed by atoms with Crippen LogP contribution in [0.3, 0.4) is 0 Å². The predicted octanol–water partition coefficient (Wildman–Crippen LogP) is -0.310. The summed E-state index contributed by atoms with van der Waals surface area (Å²) in [6, 6.07) is 0.450. The SMILES string of the molecule is CC1COCCN1CCCC(C)(N)C(N)=O. The van der Waals surface area contributed by atoms with E-state index in [4.69, 9.17) is 16.2 Å². The number of primary amides is 1. The third-order valence-corrected chi connectivity index (χ3v) is 3.21. The summed E-state index contributed by atoms with van der Waals surface area (Å²) >= 11 is 0. The molecule has 5 heteroatoms. The topological polar surface area (TPSA) is 81.6 Å². The standard InChI is InChI=1S/C11H23N3O2/c1-9-8-16-7-6-14(9)5-3-4-11(2,13)10(12)15/h9H,3-8,13H2,1-2H3,(H2,12,15). The normalized spacial score (nSPS) is 26.3. The molecule has 0 aliphatic carbocycles. The minimum Gasteiger partial charge on any atom is -0.379 e. The highest BCUT2D eigenvalue weighted by atomic mass is 16.5. The molecule has 0 aromatic carbocycles. The zero-order chi connectivity index (χ0) is 12.2. The number of carbonyl (C=O) groups is 1. The molecule has 4 N–H and O–H groups in total. The summed E-state index contributed by atoms with van der Waals surface area (Å²) in [5.74, 6) is -0.428. The number of morpholine rings is 1. The Labute approximate surface area is 97.1 Å². The fourth-order valence-corrected chi connectivity index (χ4v) is 1.87. The molecule has 0 bridgehead atoms. The van der Waals surface area contributed by atoms with Crippen LogP contribution in [-0.4, -0.2) is 48.7 Å². The number of amides is 1. The minimum absolute atomic E-state index is 0.428. The lowest BCUT2D eigenvalue weighted by molar-refractivity contribution is -0.122. The molecule has 1 fully saturated rings. The van der Waals surface area contributed by atoms with Gasteiger partial charge in [0.2, 0.25) is 5.91 Å². The summed E-state index contributed by atoms with van der Waals surface area (Å²) in [7, 11) is 0. The molecule has 1 heterocycles. The second-order valence-electron chi connectivity index (χ2n) is 4.85. The van der Waals surface area contributed by atoms with Crippen LogP contribution in [0.1, 0.15) is 26.7 Å². The van der Waals surface area contributed by atoms with Crippen LogP contribution in [0.5, 0.6) is 0 Å². The van der Waals surface area contributed by atoms with E-state index in [2.05, 4.69) is 11.8 Å². The highest BCUT2D eigenvalue weighted by molar-refractivity contribution is 5.83. The van der Waals surface area contributed by atoms with E-state index in [0.717, 1.165) is 32.7 Å². The molecule has 1 amide bonds. The van der Waals surface area contributed by atoms with E-state index in [0.29, 0.717) is 12.5 Å². The average Bonchev–Trinajstić information content (AvgIpc) is 2.20. The molecule has 94 valence electrons. The maximum Gasteiger partial charge on any atom is 0.237 e. The van der Waals surface area contributed by atoms with Gasteiger partial charge in [0.05, 0.1) is 18.8 Å². The van der Waals surface area contributed by atoms with E-state index in [1.807, 2.05) is 0 Å². The lowest BCUT2D eigenvalue weighted by Gasteiger charge is -2.33. The van der Waals surface area contributed by atoms with Crippen LogP contribution in [-0.2, 0) is 9.53 Å². The van der Waals surface area contributed by atoms with Gasteiger partial charge in [0.15, 0.2) is 0 Å². The maximum absolute atomic E-state index is 11.0. The van der Waals surface area contributed by atoms with Gasteiger partial charge in [0, 0.05) is 12.6 Å². The van der Waals surface area contributed by atoms with Crippen LogP contribution in [0.4, 0.5) is 0 Å². The number of nitrogens with zero attached hydrogens (tertiary/aromatic N) is 1. The van der Waals surface area contributed by atoms with Crippen molar-refractivity contribution in [3.8, 4) is 0 Å². The minimum atomic E-state index is -0.879. The van der Waals surface area contributed by atoms with Crippen molar-refractivity contribution in [3.63, 3.8) is 0 Å². The summed E-state index contributed by atoms with van der Waals surface area (Å²) in [5.41, 5.74) is 10.1. The quantitative estimate of drug-likeness (QED) is 0.677. The van der Waals surface area contributed by atoms with Gasteiger partial charge in [-0.25, -0.2) is 0 Å². The van der Waals surface area contributed by atoms with E-state index in [1.54, 1.807) is 6.92 Å². The Kier molecular flexibility index (Phi) is 4.70. The van der Waals surface area contributed by atoms with Crippen molar-refractivity contribution in [1.29, 1.82) is 0 Å². The Balaban J connectivity index is 2.26. The van der Waals surface area contributed by atoms with Crippen LogP contribution in [0.15, 0.2) is 0 Å². The summed E-state index contributed by atoms with van der Waals surface area (Å²) in [6.07, 6.45) is 1.52. The summed E-state index contributed by atoms with van der Waals surface area (Å²) in [6.45, 7) is 7.33. The van der Waals surface area contributed by atoms with Gasteiger partial charge in [-0.3, -0.25) is 9.69 Å². The molecule has 0 saturated carbocycles. The van der Waals surface area contributed by atoms with Crippen LogP contribution < -0.4 is 11.5 Å². The Hall–Kier alpha value is -0.650. The van der Waals surface area contributed by atoms with Gasteiger partial charge in [-0.05, 0) is 33.2 Å². The molecule has 5 nitrogen and oxygen atoms in total. The molecule has 1 aliphatic heterocycles. The van der Waals surface area contributed by atoms with Crippen molar-refractivity contribution < 1.29 is 9.53 Å². The highest BCUT2D eigenvalue weighted by Crippen LogP contribution is 2.12. The van der Waals surface area contributed by atoms with E-state index in [9.17, 15) is 4.79 Å². The van der Waals surface area contributed by atoms with Gasteiger partial charge in [-0.15, -0.1) is 0 Å². The smallest absolute Gasteiger partial charge is 0.237 e. The molecule has 1 rings (SSSR count). The number of hydrogen-bond acceptors (Lipinski definition) is 4. The summed E-state index contributed by atoms with van der Waals surface area (Å²) in [5, 5.41) is 0. The first-order valence-corrected chi connectivity index (χ1v) is 5.84. The number of rotatable bonds is 5. The Morgan fingerprint density at radius 3 is 2.88 bits per heavy atom. The van der Waals surface area contributed by atoms with E-state index < -0.39 is 11.4 Å². The molecule has 0 spiro atoms. The van der Waals surface area contributed by atoms with Gasteiger partial charge in [0.1, 0.15) is 0 Å². The van der Waals surface area contributed by atoms with Crippen molar-refractivity contribution in [2.75, 3.05) is 26.3 Å². The first-order chi connectivity index (χ1) is 7.43. The van der Waals surface area contributed by atoms with Crippen LogP contribution in [0.2, 0.25) is 0 Å². The Morgan fingerprint density at radius 2 is 2.31 bits per heavy atom. The van der Waals surface area contributed by atoms with Crippen LogP contribution in [0.25, 0.3) is 0 Å². The molecule has 0 aromatic rings. The Morgan fingerprint density at radius 1 is 1.62 bits per heavy atom. The molecule has 2 atom stereocenters. The highest BCUT2D eigenvalue weighted by Gasteiger charge is 2.26. The monoisotopic (exact) mass is 229 g/mol. The fraction of sp³-hybridized carbons (Fsp3) is 0.909. The molecule has 1 saturated heterocycles. The van der Waals surface area contributed by atoms with Gasteiger partial charge in [-0.2, -0.15) is 0 Å². The van der Waals surface area contributed by atoms with Gasteiger partial charge in [0.25, 0.3) is 0 Å². The summed E-state index contributed by atoms with van der Waals surface area (Å²) < 4.78 is 5.36. The van der Waals surface area contributed by atoms with Crippen molar-refractivity contribution in [2.24, 2.45) is 11.5 Å². The van der Waals surface area contributed by atoms with Crippen LogP contribution in [0, 0.1) is 0 Å². The van der Waals surface area contributed by atoms with Gasteiger partial charge in [-0.1, -0.05) is 0 Å². The molecular formula is C11H23N3O2. The number of hydrogen-bond donors (Lipinski definition) is 2. The first-order valence-electron chi connectivity index (χ1n) is 5.84. The van der Waals surface area contributed by atoms with Crippen molar-refractivity contribution >= 4 is 5.91 Å². The lowest BCUT2D eigenvalue weighted by Crippen LogP contribution is -2.50. The molecule has 1 aliphatic rings. The van der Waals surface area contributed by atoms with E-state index in [-0.39, 0.29) is 0 Å². The lowest BCUT2D eigenvalue weighted by atomic mass is 9.96. The maximum atomic E-state index is 11.0. The summed E-state index contributed by atoms with van der Waals surface area (Å²) in [4.78, 5) is 13.4. The zero-order valence-electron chi connectivity index (χ0n) is 10.2. The molecular weight excluding hydrogens is 206 g/mol. The van der Waals surface area contributed by atoms with Gasteiger partial charge < -0.3 is 16.2 Å². The van der Waals surface area contributed by atoms with E-state index in [1.165, 1.54) is 0 Å². The number of carbonyl (C=O) groups excluding carboxylic acids is 1. The second kappa shape index (κ2) is 5.61. The Bertz CT molecular complexity index is 243. The van der Waals surface area contributed by atoms with E-state index >= 15 is 0 Å². The van der Waals surface area contributed by atoms with Crippen molar-refractivity contribution in [2.45, 2.75) is 38.3 Å². The molecule has 0 aromatic heterocycles. The van der Waals surface area contributed by atoms with Crippen LogP contribution >= 0.6 is 0 Å². The zero-order valence-corrected chi connectivity index (χ0v) is 10.2. The predicted molar refractivity (Wildman–Crippen MR) is 62.9 cm³/mol. The molecule has 2 unspecified atom stereocenters.